The minimum atomic E-state index is -1.24. The fraction of sp³-hybridized carbons (Fsp3) is 0.462. The van der Waals surface area contributed by atoms with E-state index in [1.54, 1.807) is 46.2 Å². The highest BCUT2D eigenvalue weighted by atomic mass is 19.1. The van der Waals surface area contributed by atoms with Crippen LogP contribution in [0.2, 0.25) is 0 Å². The van der Waals surface area contributed by atoms with Gasteiger partial charge < -0.3 is 20.0 Å². The minimum absolute atomic E-state index is 0.136. The molecule has 1 N–H and O–H groups in total. The van der Waals surface area contributed by atoms with Crippen molar-refractivity contribution >= 4 is 17.7 Å². The summed E-state index contributed by atoms with van der Waals surface area (Å²) in [7, 11) is 0. The van der Waals surface area contributed by atoms with Crippen LogP contribution in [0.5, 0.6) is 0 Å². The number of carbonyl (C=O) groups is 3. The molecular formula is C39H45F3N4O3. The predicted molar refractivity (Wildman–Crippen MR) is 181 cm³/mol. The van der Waals surface area contributed by atoms with Gasteiger partial charge in [-0.15, -0.1) is 0 Å². The normalized spacial score (nSPS) is 20.5. The van der Waals surface area contributed by atoms with Crippen LogP contribution in [0.15, 0.2) is 72.8 Å². The molecule has 0 aromatic heterocycles. The summed E-state index contributed by atoms with van der Waals surface area (Å²) in [5.41, 5.74) is 0.462. The molecule has 49 heavy (non-hydrogen) atoms. The molecule has 6 rings (SSSR count). The minimum Gasteiger partial charge on any atom is -0.354 e. The quantitative estimate of drug-likeness (QED) is 0.282. The summed E-state index contributed by atoms with van der Waals surface area (Å²) in [6.07, 6.45) is 4.30. The fourth-order valence-electron chi connectivity index (χ4n) is 8.02. The van der Waals surface area contributed by atoms with E-state index in [9.17, 15) is 27.6 Å². The van der Waals surface area contributed by atoms with Crippen LogP contribution in [0, 0.1) is 23.4 Å². The summed E-state index contributed by atoms with van der Waals surface area (Å²) in [5, 5.41) is 3.12. The molecule has 0 bridgehead atoms. The number of hydrogen-bond acceptors (Lipinski definition) is 4. The Morgan fingerprint density at radius 3 is 1.63 bits per heavy atom. The number of likely N-dealkylation sites (tertiary alicyclic amines) is 3. The topological polar surface area (TPSA) is 73.0 Å². The van der Waals surface area contributed by atoms with Crippen molar-refractivity contribution in [1.29, 1.82) is 0 Å². The molecule has 7 nitrogen and oxygen atoms in total. The van der Waals surface area contributed by atoms with E-state index >= 15 is 0 Å². The number of piperidine rings is 1. The third-order valence-corrected chi connectivity index (χ3v) is 10.8. The van der Waals surface area contributed by atoms with Crippen molar-refractivity contribution in [2.75, 3.05) is 39.3 Å². The van der Waals surface area contributed by atoms with Crippen molar-refractivity contribution in [1.82, 2.24) is 20.0 Å². The fourth-order valence-corrected chi connectivity index (χ4v) is 8.02. The maximum absolute atomic E-state index is 14.5. The van der Waals surface area contributed by atoms with Crippen LogP contribution in [0.3, 0.4) is 0 Å². The summed E-state index contributed by atoms with van der Waals surface area (Å²) in [6, 6.07) is 16.0. The van der Waals surface area contributed by atoms with Crippen molar-refractivity contribution in [3.05, 3.63) is 107 Å². The molecule has 3 saturated heterocycles. The van der Waals surface area contributed by atoms with Crippen molar-refractivity contribution in [2.45, 2.75) is 69.4 Å². The van der Waals surface area contributed by atoms with E-state index in [0.29, 0.717) is 67.9 Å². The predicted octanol–water partition coefficient (Wildman–Crippen LogP) is 5.66. The van der Waals surface area contributed by atoms with Crippen molar-refractivity contribution in [2.24, 2.45) is 5.92 Å². The summed E-state index contributed by atoms with van der Waals surface area (Å²) in [4.78, 5) is 47.7. The Bertz CT molecular complexity index is 1500. The Hall–Kier alpha value is -4.18. The number of rotatable bonds is 10. The van der Waals surface area contributed by atoms with Crippen LogP contribution in [0.1, 0.15) is 68.6 Å². The molecule has 260 valence electrons. The van der Waals surface area contributed by atoms with Crippen molar-refractivity contribution < 1.29 is 27.6 Å². The molecule has 3 aliphatic heterocycles. The Balaban J connectivity index is 1.24. The number of nitrogens with zero attached hydrogens (tertiary/aromatic N) is 3. The van der Waals surface area contributed by atoms with Crippen LogP contribution in [-0.2, 0) is 19.8 Å². The van der Waals surface area contributed by atoms with Crippen LogP contribution < -0.4 is 5.32 Å². The standard InChI is InChI=1S/C39H45F3N4O3/c1-2-44-23-19-27(20-24-44)26-43-37(48)34-5-3-22-46(34)38(49)35-6-4-21-45(35)36(47)25-39(28-7-13-31(40)14-8-28,29-9-15-32(41)16-10-29)30-11-17-33(42)18-12-30/h7-18,27,34-35H,2-6,19-26H2,1H3,(H,43,48)/t34-,35+/m1/s1. The summed E-state index contributed by atoms with van der Waals surface area (Å²) in [5.74, 6) is -1.63. The van der Waals surface area contributed by atoms with Gasteiger partial charge in [-0.3, -0.25) is 14.4 Å². The van der Waals surface area contributed by atoms with E-state index in [1.165, 1.54) is 36.4 Å². The van der Waals surface area contributed by atoms with Gasteiger partial charge in [0.15, 0.2) is 0 Å². The molecule has 10 heteroatoms. The van der Waals surface area contributed by atoms with Gasteiger partial charge in [0.25, 0.3) is 0 Å². The van der Waals surface area contributed by atoms with Gasteiger partial charge in [-0.2, -0.15) is 0 Å². The highest BCUT2D eigenvalue weighted by molar-refractivity contribution is 5.93. The number of benzene rings is 3. The van der Waals surface area contributed by atoms with Gasteiger partial charge >= 0.3 is 0 Å². The van der Waals surface area contributed by atoms with E-state index in [2.05, 4.69) is 17.1 Å². The van der Waals surface area contributed by atoms with E-state index in [-0.39, 0.29) is 24.1 Å². The Kier molecular flexibility index (Phi) is 10.7. The maximum atomic E-state index is 14.5. The SMILES string of the molecule is CCN1CCC(CNC(=O)[C@H]2CCCN2C(=O)[C@@H]2CCCN2C(=O)CC(c2ccc(F)cc2)(c2ccc(F)cc2)c2ccc(F)cc2)CC1. The first-order valence-electron chi connectivity index (χ1n) is 17.6. The second kappa shape index (κ2) is 15.2. The molecule has 0 aliphatic carbocycles. The third-order valence-electron chi connectivity index (χ3n) is 10.8. The second-order valence-electron chi connectivity index (χ2n) is 13.7. The Labute approximate surface area is 286 Å². The number of amides is 3. The van der Waals surface area contributed by atoms with Crippen LogP contribution >= 0.6 is 0 Å². The van der Waals surface area contributed by atoms with Gasteiger partial charge in [0.1, 0.15) is 29.5 Å². The Morgan fingerprint density at radius 2 is 1.14 bits per heavy atom. The molecule has 3 aromatic carbocycles. The number of hydrogen-bond donors (Lipinski definition) is 1. The molecule has 3 fully saturated rings. The second-order valence-corrected chi connectivity index (χ2v) is 13.7. The zero-order valence-corrected chi connectivity index (χ0v) is 28.1. The zero-order valence-electron chi connectivity index (χ0n) is 28.1. The van der Waals surface area contributed by atoms with E-state index in [4.69, 9.17) is 0 Å². The molecule has 3 aromatic rings. The van der Waals surface area contributed by atoms with Gasteiger partial charge in [-0.25, -0.2) is 13.2 Å². The largest absolute Gasteiger partial charge is 0.354 e. The molecular weight excluding hydrogens is 629 g/mol. The lowest BCUT2D eigenvalue weighted by Crippen LogP contribution is -2.54. The smallest absolute Gasteiger partial charge is 0.246 e. The van der Waals surface area contributed by atoms with Gasteiger partial charge in [0, 0.05) is 26.1 Å². The number of nitrogens with one attached hydrogen (secondary N) is 1. The highest BCUT2D eigenvalue weighted by Crippen LogP contribution is 2.43. The number of carbonyl (C=O) groups excluding carboxylic acids is 3. The first-order chi connectivity index (χ1) is 23.7. The first kappa shape index (κ1) is 34.7. The van der Waals surface area contributed by atoms with Crippen LogP contribution in [0.25, 0.3) is 0 Å². The van der Waals surface area contributed by atoms with E-state index < -0.39 is 35.0 Å². The van der Waals surface area contributed by atoms with Gasteiger partial charge in [-0.1, -0.05) is 43.3 Å². The maximum Gasteiger partial charge on any atom is 0.246 e. The van der Waals surface area contributed by atoms with Crippen LogP contribution in [0.4, 0.5) is 13.2 Å². The number of halogens is 3. The lowest BCUT2D eigenvalue weighted by molar-refractivity contribution is -0.146. The lowest BCUT2D eigenvalue weighted by atomic mass is 9.67. The van der Waals surface area contributed by atoms with Crippen molar-refractivity contribution in [3.63, 3.8) is 0 Å². The van der Waals surface area contributed by atoms with Gasteiger partial charge in [-0.05, 0) is 117 Å². The molecule has 0 radical (unpaired) electrons. The molecule has 3 amide bonds. The highest BCUT2D eigenvalue weighted by Gasteiger charge is 2.45. The molecule has 3 aliphatic rings. The Morgan fingerprint density at radius 1 is 0.673 bits per heavy atom. The van der Waals surface area contributed by atoms with Crippen molar-refractivity contribution in [3.8, 4) is 0 Å². The van der Waals surface area contributed by atoms with Gasteiger partial charge in [0.05, 0.1) is 5.41 Å². The van der Waals surface area contributed by atoms with E-state index in [0.717, 1.165) is 32.5 Å². The molecule has 2 atom stereocenters. The summed E-state index contributed by atoms with van der Waals surface area (Å²) < 4.78 is 42.6. The lowest BCUT2D eigenvalue weighted by Gasteiger charge is -2.38. The first-order valence-corrected chi connectivity index (χ1v) is 17.6. The average molecular weight is 675 g/mol. The average Bonchev–Trinajstić information content (AvgIpc) is 3.82. The van der Waals surface area contributed by atoms with Crippen LogP contribution in [-0.4, -0.2) is 83.8 Å². The monoisotopic (exact) mass is 674 g/mol. The summed E-state index contributed by atoms with van der Waals surface area (Å²) >= 11 is 0. The molecule has 0 saturated carbocycles. The third kappa shape index (κ3) is 7.39. The molecule has 3 heterocycles. The molecule has 0 unspecified atom stereocenters. The van der Waals surface area contributed by atoms with Gasteiger partial charge in [0.2, 0.25) is 17.7 Å². The zero-order chi connectivity index (χ0) is 34.5. The summed E-state index contributed by atoms with van der Waals surface area (Å²) in [6.45, 7) is 6.66. The van der Waals surface area contributed by atoms with E-state index in [1.807, 2.05) is 0 Å². The molecule has 0 spiro atoms.